The summed E-state index contributed by atoms with van der Waals surface area (Å²) >= 11 is 0. The second-order valence-corrected chi connectivity index (χ2v) is 5.13. The lowest BCUT2D eigenvalue weighted by atomic mass is 10.0. The van der Waals surface area contributed by atoms with Crippen molar-refractivity contribution in [3.05, 3.63) is 0 Å². The molecule has 0 radical (unpaired) electrons. The minimum atomic E-state index is 0.0472. The maximum atomic E-state index is 11.7. The zero-order valence-corrected chi connectivity index (χ0v) is 11.7. The maximum absolute atomic E-state index is 11.7. The summed E-state index contributed by atoms with van der Waals surface area (Å²) in [6.07, 6.45) is 5.86. The van der Waals surface area contributed by atoms with Gasteiger partial charge in [-0.2, -0.15) is 0 Å². The van der Waals surface area contributed by atoms with Crippen molar-refractivity contribution >= 4 is 5.91 Å². The molecule has 0 bridgehead atoms. The van der Waals surface area contributed by atoms with Gasteiger partial charge >= 0.3 is 0 Å². The predicted molar refractivity (Wildman–Crippen MR) is 72.4 cm³/mol. The van der Waals surface area contributed by atoms with Gasteiger partial charge in [0, 0.05) is 25.7 Å². The van der Waals surface area contributed by atoms with E-state index < -0.39 is 0 Å². The fraction of sp³-hybridized carbons (Fsp3) is 0.923. The summed E-state index contributed by atoms with van der Waals surface area (Å²) in [5, 5.41) is 2.84. The van der Waals surface area contributed by atoms with Gasteiger partial charge in [-0.05, 0) is 19.9 Å². The van der Waals surface area contributed by atoms with Crippen LogP contribution in [0.1, 0.15) is 32.1 Å². The normalized spacial score (nSPS) is 24.9. The lowest BCUT2D eigenvalue weighted by Crippen LogP contribution is -2.49. The molecule has 0 heterocycles. The van der Waals surface area contributed by atoms with E-state index in [-0.39, 0.29) is 11.9 Å². The van der Waals surface area contributed by atoms with E-state index in [1.165, 1.54) is 19.3 Å². The van der Waals surface area contributed by atoms with Crippen LogP contribution < -0.4 is 11.1 Å². The van der Waals surface area contributed by atoms with Crippen LogP contribution in [0.5, 0.6) is 0 Å². The van der Waals surface area contributed by atoms with Crippen molar-refractivity contribution in [2.24, 2.45) is 5.73 Å². The minimum absolute atomic E-state index is 0.0472. The van der Waals surface area contributed by atoms with Crippen LogP contribution >= 0.6 is 0 Å². The monoisotopic (exact) mass is 257 g/mol. The van der Waals surface area contributed by atoms with Crippen molar-refractivity contribution in [2.75, 3.05) is 33.9 Å². The molecule has 1 fully saturated rings. The van der Waals surface area contributed by atoms with Gasteiger partial charge in [-0.15, -0.1) is 0 Å². The Hall–Kier alpha value is -0.650. The van der Waals surface area contributed by atoms with Crippen molar-refractivity contribution in [1.29, 1.82) is 0 Å². The van der Waals surface area contributed by atoms with E-state index in [0.29, 0.717) is 25.7 Å². The van der Waals surface area contributed by atoms with Crippen LogP contribution in [-0.4, -0.2) is 56.7 Å². The van der Waals surface area contributed by atoms with Crippen LogP contribution in [0.25, 0.3) is 0 Å². The zero-order valence-electron chi connectivity index (χ0n) is 11.7. The summed E-state index contributed by atoms with van der Waals surface area (Å²) in [4.78, 5) is 13.8. The number of hydrogen-bond acceptors (Lipinski definition) is 4. The smallest absolute Gasteiger partial charge is 0.234 e. The molecule has 1 amide bonds. The third-order valence-electron chi connectivity index (χ3n) is 3.62. The van der Waals surface area contributed by atoms with E-state index in [2.05, 4.69) is 10.2 Å². The van der Waals surface area contributed by atoms with Crippen molar-refractivity contribution in [3.63, 3.8) is 0 Å². The summed E-state index contributed by atoms with van der Waals surface area (Å²) in [7, 11) is 3.62. The van der Waals surface area contributed by atoms with E-state index in [1.807, 2.05) is 7.05 Å². The lowest BCUT2D eigenvalue weighted by molar-refractivity contribution is -0.122. The second-order valence-electron chi connectivity index (χ2n) is 5.13. The Morgan fingerprint density at radius 3 is 2.83 bits per heavy atom. The summed E-state index contributed by atoms with van der Waals surface area (Å²) < 4.78 is 4.90. The van der Waals surface area contributed by atoms with E-state index in [4.69, 9.17) is 10.5 Å². The number of nitrogens with zero attached hydrogens (tertiary/aromatic N) is 1. The first-order valence-electron chi connectivity index (χ1n) is 6.86. The highest BCUT2D eigenvalue weighted by Gasteiger charge is 2.25. The molecule has 2 atom stereocenters. The Kier molecular flexibility index (Phi) is 7.23. The first kappa shape index (κ1) is 15.4. The van der Waals surface area contributed by atoms with Gasteiger partial charge in [0.25, 0.3) is 0 Å². The van der Waals surface area contributed by atoms with Gasteiger partial charge in [-0.1, -0.05) is 19.3 Å². The lowest BCUT2D eigenvalue weighted by Gasteiger charge is -2.30. The number of nitrogens with two attached hydrogens (primary N) is 1. The third-order valence-corrected chi connectivity index (χ3v) is 3.62. The fourth-order valence-corrected chi connectivity index (χ4v) is 2.56. The van der Waals surface area contributed by atoms with Crippen LogP contribution in [-0.2, 0) is 9.53 Å². The van der Waals surface area contributed by atoms with E-state index in [1.54, 1.807) is 7.11 Å². The summed E-state index contributed by atoms with van der Waals surface area (Å²) in [5.41, 5.74) is 6.18. The molecule has 5 heteroatoms. The van der Waals surface area contributed by atoms with Crippen LogP contribution in [0.4, 0.5) is 0 Å². The first-order chi connectivity index (χ1) is 8.65. The van der Waals surface area contributed by atoms with Crippen LogP contribution in [0.15, 0.2) is 0 Å². The number of methoxy groups -OCH3 is 1. The van der Waals surface area contributed by atoms with Gasteiger partial charge in [0.1, 0.15) is 0 Å². The zero-order chi connectivity index (χ0) is 13.4. The standard InChI is InChI=1S/C13H27N3O2/c1-16(10-13(17)15-8-9-18-2)12-7-5-3-4-6-11(12)14/h11-12H,3-10,14H2,1-2H3,(H,15,17). The fourth-order valence-electron chi connectivity index (χ4n) is 2.56. The molecule has 5 nitrogen and oxygen atoms in total. The SMILES string of the molecule is COCCNC(=O)CN(C)C1CCCCCC1N. The molecule has 1 aliphatic rings. The molecule has 0 aliphatic heterocycles. The topological polar surface area (TPSA) is 67.6 Å². The molecule has 1 saturated carbocycles. The molecule has 106 valence electrons. The number of ether oxygens (including phenoxy) is 1. The predicted octanol–water partition coefficient (Wildman–Crippen LogP) is 0.341. The number of amides is 1. The Bertz CT molecular complexity index is 248. The molecular weight excluding hydrogens is 230 g/mol. The highest BCUT2D eigenvalue weighted by molar-refractivity contribution is 5.78. The number of likely N-dealkylation sites (N-methyl/N-ethyl adjacent to an activating group) is 1. The number of carbonyl (C=O) groups excluding carboxylic acids is 1. The van der Waals surface area contributed by atoms with Crippen molar-refractivity contribution in [2.45, 2.75) is 44.2 Å². The molecule has 0 aromatic carbocycles. The molecular formula is C13H27N3O2. The largest absolute Gasteiger partial charge is 0.383 e. The van der Waals surface area contributed by atoms with Gasteiger partial charge in [-0.3, -0.25) is 9.69 Å². The molecule has 0 saturated heterocycles. The summed E-state index contributed by atoms with van der Waals surface area (Å²) in [6.45, 7) is 1.54. The van der Waals surface area contributed by atoms with Gasteiger partial charge in [0.15, 0.2) is 0 Å². The Morgan fingerprint density at radius 1 is 1.39 bits per heavy atom. The van der Waals surface area contributed by atoms with Crippen LogP contribution in [0.2, 0.25) is 0 Å². The molecule has 0 spiro atoms. The molecule has 1 rings (SSSR count). The highest BCUT2D eigenvalue weighted by atomic mass is 16.5. The van der Waals surface area contributed by atoms with Gasteiger partial charge in [0.05, 0.1) is 13.2 Å². The molecule has 1 aliphatic carbocycles. The summed E-state index contributed by atoms with van der Waals surface area (Å²) in [6, 6.07) is 0.532. The van der Waals surface area contributed by atoms with Gasteiger partial charge in [-0.25, -0.2) is 0 Å². The third kappa shape index (κ3) is 5.33. The highest BCUT2D eigenvalue weighted by Crippen LogP contribution is 2.20. The Labute approximate surface area is 110 Å². The number of nitrogens with one attached hydrogen (secondary N) is 1. The molecule has 0 aromatic rings. The average molecular weight is 257 g/mol. The molecule has 2 unspecified atom stereocenters. The van der Waals surface area contributed by atoms with E-state index in [0.717, 1.165) is 12.8 Å². The Balaban J connectivity index is 2.33. The first-order valence-corrected chi connectivity index (χ1v) is 6.86. The summed E-state index contributed by atoms with van der Waals surface area (Å²) in [5.74, 6) is 0.0472. The molecule has 18 heavy (non-hydrogen) atoms. The average Bonchev–Trinajstić information content (AvgIpc) is 2.54. The molecule has 3 N–H and O–H groups in total. The van der Waals surface area contributed by atoms with Gasteiger partial charge < -0.3 is 15.8 Å². The van der Waals surface area contributed by atoms with Crippen LogP contribution in [0.3, 0.4) is 0 Å². The number of hydrogen-bond donors (Lipinski definition) is 2. The number of rotatable bonds is 6. The van der Waals surface area contributed by atoms with Crippen molar-refractivity contribution in [3.8, 4) is 0 Å². The maximum Gasteiger partial charge on any atom is 0.234 e. The minimum Gasteiger partial charge on any atom is -0.383 e. The van der Waals surface area contributed by atoms with Crippen LogP contribution in [0, 0.1) is 0 Å². The van der Waals surface area contributed by atoms with E-state index in [9.17, 15) is 4.79 Å². The van der Waals surface area contributed by atoms with E-state index >= 15 is 0 Å². The number of carbonyl (C=O) groups is 1. The second kappa shape index (κ2) is 8.45. The molecule has 0 aromatic heterocycles. The Morgan fingerprint density at radius 2 is 2.11 bits per heavy atom. The van der Waals surface area contributed by atoms with Crippen molar-refractivity contribution < 1.29 is 9.53 Å². The van der Waals surface area contributed by atoms with Gasteiger partial charge in [0.2, 0.25) is 5.91 Å². The quantitative estimate of drug-likeness (QED) is 0.532. The van der Waals surface area contributed by atoms with Crippen molar-refractivity contribution in [1.82, 2.24) is 10.2 Å².